The zero-order valence-corrected chi connectivity index (χ0v) is 30.7. The number of nitrogens with two attached hydrogens (primary N) is 1. The summed E-state index contributed by atoms with van der Waals surface area (Å²) in [5.41, 5.74) is 18.1. The Labute approximate surface area is 327 Å². The first-order valence-corrected chi connectivity index (χ1v) is 18.9. The van der Waals surface area contributed by atoms with Crippen molar-refractivity contribution in [1.29, 1.82) is 5.26 Å². The number of nitriles is 1. The van der Waals surface area contributed by atoms with E-state index in [4.69, 9.17) is 10.7 Å². The van der Waals surface area contributed by atoms with Crippen LogP contribution in [0.15, 0.2) is 205 Å². The molecule has 0 fully saturated rings. The molecule has 0 atom stereocenters. The first-order valence-electron chi connectivity index (χ1n) is 18.9. The number of rotatable bonds is 8. The Morgan fingerprint density at radius 3 is 1.82 bits per heavy atom. The van der Waals surface area contributed by atoms with Gasteiger partial charge in [0.1, 0.15) is 5.84 Å². The Kier molecular flexibility index (Phi) is 9.21. The minimum absolute atomic E-state index is 0.460. The summed E-state index contributed by atoms with van der Waals surface area (Å²) in [4.78, 5) is 5.07. The van der Waals surface area contributed by atoms with Crippen LogP contribution in [0.25, 0.3) is 71.4 Å². The summed E-state index contributed by atoms with van der Waals surface area (Å²) in [5, 5.41) is 16.7. The van der Waals surface area contributed by atoms with Gasteiger partial charge in [-0.1, -0.05) is 188 Å². The molecule has 0 saturated carbocycles. The van der Waals surface area contributed by atoms with Gasteiger partial charge >= 0.3 is 0 Å². The highest BCUT2D eigenvalue weighted by molar-refractivity contribution is 6.27. The highest BCUT2D eigenvalue weighted by Crippen LogP contribution is 2.46. The van der Waals surface area contributed by atoms with Gasteiger partial charge in [-0.05, 0) is 95.4 Å². The van der Waals surface area contributed by atoms with Gasteiger partial charge in [0.05, 0.1) is 17.3 Å². The van der Waals surface area contributed by atoms with Crippen LogP contribution in [0.1, 0.15) is 22.3 Å². The summed E-state index contributed by atoms with van der Waals surface area (Å²) in [7, 11) is 0. The normalized spacial score (nSPS) is 11.9. The third-order valence-electron chi connectivity index (χ3n) is 10.6. The Morgan fingerprint density at radius 2 is 1.09 bits per heavy atom. The Hall–Kier alpha value is -7.54. The number of fused-ring (bicyclic) bond motifs is 4. The van der Waals surface area contributed by atoms with Crippen LogP contribution in [0.3, 0.4) is 0 Å². The average molecular weight is 716 g/mol. The molecule has 9 aromatic rings. The molecule has 264 valence electrons. The predicted molar refractivity (Wildman–Crippen MR) is 235 cm³/mol. The van der Waals surface area contributed by atoms with Crippen molar-refractivity contribution in [2.24, 2.45) is 10.7 Å². The molecule has 3 heteroatoms. The van der Waals surface area contributed by atoms with Gasteiger partial charge in [0.15, 0.2) is 0 Å². The van der Waals surface area contributed by atoms with E-state index in [9.17, 15) is 5.26 Å². The van der Waals surface area contributed by atoms with E-state index in [1.54, 1.807) is 0 Å². The molecule has 0 aliphatic rings. The van der Waals surface area contributed by atoms with Crippen LogP contribution >= 0.6 is 0 Å². The fourth-order valence-electron chi connectivity index (χ4n) is 7.91. The van der Waals surface area contributed by atoms with E-state index in [1.165, 1.54) is 49.0 Å². The van der Waals surface area contributed by atoms with Crippen LogP contribution in [0, 0.1) is 11.3 Å². The van der Waals surface area contributed by atoms with Gasteiger partial charge in [-0.15, -0.1) is 0 Å². The number of aliphatic imine (C=N–C) groups is 1. The van der Waals surface area contributed by atoms with Gasteiger partial charge in [0.25, 0.3) is 0 Å². The van der Waals surface area contributed by atoms with Gasteiger partial charge in [-0.25, -0.2) is 4.99 Å². The van der Waals surface area contributed by atoms with Gasteiger partial charge in [-0.3, -0.25) is 0 Å². The number of allylic oxidation sites excluding steroid dienone is 1. The highest BCUT2D eigenvalue weighted by atomic mass is 14.9. The molecule has 3 nitrogen and oxygen atoms in total. The van der Waals surface area contributed by atoms with Crippen molar-refractivity contribution in [2.45, 2.75) is 6.42 Å². The molecule has 9 aromatic carbocycles. The lowest BCUT2D eigenvalue weighted by molar-refractivity contribution is 1.26. The minimum atomic E-state index is 0.460. The van der Waals surface area contributed by atoms with Crippen molar-refractivity contribution in [3.8, 4) is 39.4 Å². The van der Waals surface area contributed by atoms with Gasteiger partial charge in [0.2, 0.25) is 0 Å². The van der Waals surface area contributed by atoms with E-state index in [-0.39, 0.29) is 0 Å². The Balaban J connectivity index is 1.20. The third kappa shape index (κ3) is 6.51. The number of nitrogens with zero attached hydrogens (tertiary/aromatic N) is 2. The Bertz CT molecular complexity index is 2970. The molecule has 0 radical (unpaired) electrons. The molecule has 2 N–H and O–H groups in total. The number of benzene rings is 9. The van der Waals surface area contributed by atoms with E-state index < -0.39 is 0 Å². The van der Waals surface area contributed by atoms with Crippen molar-refractivity contribution in [1.82, 2.24) is 0 Å². The maximum Gasteiger partial charge on any atom is 0.131 e. The minimum Gasteiger partial charge on any atom is -0.383 e. The van der Waals surface area contributed by atoms with Crippen molar-refractivity contribution in [3.05, 3.63) is 222 Å². The van der Waals surface area contributed by atoms with Crippen LogP contribution in [0.2, 0.25) is 0 Å². The molecule has 56 heavy (non-hydrogen) atoms. The lowest BCUT2D eigenvalue weighted by Gasteiger charge is -2.19. The Morgan fingerprint density at radius 1 is 0.500 bits per heavy atom. The average Bonchev–Trinajstić information content (AvgIpc) is 3.27. The summed E-state index contributed by atoms with van der Waals surface area (Å²) >= 11 is 0. The van der Waals surface area contributed by atoms with Gasteiger partial charge in [-0.2, -0.15) is 5.26 Å². The zero-order chi connectivity index (χ0) is 37.8. The molecule has 0 aromatic heterocycles. The number of hydrogen-bond donors (Lipinski definition) is 1. The maximum atomic E-state index is 9.35. The SMILES string of the molecule is N#Cc1ccc(-c2ccccc2C/C=C(\N=C(N)c2ccccc2)c2ccc(-c3c4ccccc4c(-c4ccccc4)c4ccc5ccccc5c34)cc2)cc1. The second-order valence-corrected chi connectivity index (χ2v) is 14.0. The third-order valence-corrected chi connectivity index (χ3v) is 10.6. The van der Waals surface area contributed by atoms with Crippen molar-refractivity contribution < 1.29 is 0 Å². The van der Waals surface area contributed by atoms with E-state index in [2.05, 4.69) is 152 Å². The first kappa shape index (κ1) is 34.2. The number of hydrogen-bond acceptors (Lipinski definition) is 2. The second-order valence-electron chi connectivity index (χ2n) is 14.0. The molecule has 0 amide bonds. The summed E-state index contributed by atoms with van der Waals surface area (Å²) in [5.74, 6) is 0.460. The van der Waals surface area contributed by atoms with Crippen LogP contribution in [0.4, 0.5) is 0 Å². The van der Waals surface area contributed by atoms with Crippen LogP contribution in [0.5, 0.6) is 0 Å². The van der Waals surface area contributed by atoms with Crippen LogP contribution in [-0.4, -0.2) is 5.84 Å². The summed E-state index contributed by atoms with van der Waals surface area (Å²) in [6, 6.07) is 69.8. The van der Waals surface area contributed by atoms with Crippen LogP contribution < -0.4 is 5.73 Å². The molecular weight excluding hydrogens is 679 g/mol. The smallest absolute Gasteiger partial charge is 0.131 e. The highest BCUT2D eigenvalue weighted by Gasteiger charge is 2.19. The fourth-order valence-corrected chi connectivity index (χ4v) is 7.91. The van der Waals surface area contributed by atoms with Crippen molar-refractivity contribution in [2.75, 3.05) is 0 Å². The molecule has 0 spiro atoms. The molecule has 0 saturated heterocycles. The van der Waals surface area contributed by atoms with Gasteiger partial charge in [0, 0.05) is 5.56 Å². The second kappa shape index (κ2) is 15.1. The topological polar surface area (TPSA) is 62.2 Å². The first-order chi connectivity index (χ1) is 27.7. The quantitative estimate of drug-likeness (QED) is 0.0737. The number of amidine groups is 1. The molecule has 0 aliphatic heterocycles. The maximum absolute atomic E-state index is 9.35. The zero-order valence-electron chi connectivity index (χ0n) is 30.7. The largest absolute Gasteiger partial charge is 0.383 e. The summed E-state index contributed by atoms with van der Waals surface area (Å²) in [6.45, 7) is 0. The van der Waals surface area contributed by atoms with Crippen molar-refractivity contribution in [3.63, 3.8) is 0 Å². The summed E-state index contributed by atoms with van der Waals surface area (Å²) < 4.78 is 0. The van der Waals surface area contributed by atoms with E-state index >= 15 is 0 Å². The lowest BCUT2D eigenvalue weighted by Crippen LogP contribution is -2.13. The summed E-state index contributed by atoms with van der Waals surface area (Å²) in [6.07, 6.45) is 2.81. The lowest BCUT2D eigenvalue weighted by atomic mass is 9.84. The molecule has 0 aliphatic carbocycles. The monoisotopic (exact) mass is 715 g/mol. The van der Waals surface area contributed by atoms with E-state index in [0.717, 1.165) is 39.1 Å². The molecule has 9 rings (SSSR count). The van der Waals surface area contributed by atoms with Crippen molar-refractivity contribution >= 4 is 43.9 Å². The molecule has 0 heterocycles. The molecule has 0 unspecified atom stereocenters. The fraction of sp³-hybridized carbons (Fsp3) is 0.0189. The van der Waals surface area contributed by atoms with E-state index in [1.807, 2.05) is 54.6 Å². The van der Waals surface area contributed by atoms with Crippen LogP contribution in [-0.2, 0) is 6.42 Å². The predicted octanol–water partition coefficient (Wildman–Crippen LogP) is 13.0. The van der Waals surface area contributed by atoms with Gasteiger partial charge < -0.3 is 5.73 Å². The standard InChI is InChI=1S/C53H37N3/c54-35-36-23-25-39(26-24-36)44-19-9-7-13-37(44)32-34-49(56-53(55)43-17-5-2-6-18-43)40-27-29-42(30-28-40)51-47-22-12-11-21-46(47)50(41-15-3-1-4-16-41)48-33-31-38-14-8-10-20-45(38)52(48)51/h1-31,33-34H,32H2,(H2,55,56)/b49-34-. The molecule has 0 bridgehead atoms. The molecular formula is C53H37N3. The van der Waals surface area contributed by atoms with E-state index in [0.29, 0.717) is 17.8 Å².